The Morgan fingerprint density at radius 1 is 1.35 bits per heavy atom. The first-order valence-electron chi connectivity index (χ1n) is 7.13. The number of hydrogen-bond acceptors (Lipinski definition) is 4. The molecule has 2 aromatic rings. The average Bonchev–Trinajstić information content (AvgIpc) is 3.08. The third-order valence-electron chi connectivity index (χ3n) is 3.95. The van der Waals surface area contributed by atoms with Crippen LogP contribution in [-0.4, -0.2) is 25.5 Å². The molecule has 1 fully saturated rings. The van der Waals surface area contributed by atoms with Gasteiger partial charge in [0.1, 0.15) is 0 Å². The molecule has 3 rings (SSSR count). The van der Waals surface area contributed by atoms with E-state index in [1.165, 1.54) is 25.0 Å². The van der Waals surface area contributed by atoms with Gasteiger partial charge in [0, 0.05) is 34.9 Å². The molecule has 20 heavy (non-hydrogen) atoms. The molecule has 0 spiro atoms. The first kappa shape index (κ1) is 13.5. The fraction of sp³-hybridized carbons (Fsp3) is 0.467. The zero-order chi connectivity index (χ0) is 13.9. The first-order valence-corrected chi connectivity index (χ1v) is 8.17. The van der Waals surface area contributed by atoms with Crippen LogP contribution in [0.2, 0.25) is 0 Å². The number of thioether (sulfide) groups is 1. The molecule has 2 unspecified atom stereocenters. The van der Waals surface area contributed by atoms with E-state index in [2.05, 4.69) is 33.2 Å². The number of pyridine rings is 1. The molecule has 0 radical (unpaired) electrons. The molecular weight excluding hydrogens is 268 g/mol. The van der Waals surface area contributed by atoms with Crippen molar-refractivity contribution in [1.82, 2.24) is 14.5 Å². The molecule has 106 valence electrons. The van der Waals surface area contributed by atoms with E-state index in [4.69, 9.17) is 5.73 Å². The van der Waals surface area contributed by atoms with Crippen molar-refractivity contribution in [2.45, 2.75) is 37.5 Å². The standard InChI is InChI=1S/C15H20N4S/c1-2-20-12-4-3-11(7-12)19-10-18-9-15(19)13-8-17-6-5-14(13)16/h5-6,8-12H,2-4,7H2,1H3,(H2,16,17). The number of hydrogen-bond donors (Lipinski definition) is 1. The van der Waals surface area contributed by atoms with Crippen LogP contribution >= 0.6 is 11.8 Å². The molecule has 0 aromatic carbocycles. The van der Waals surface area contributed by atoms with Gasteiger partial charge in [-0.1, -0.05) is 6.92 Å². The highest BCUT2D eigenvalue weighted by Gasteiger charge is 2.27. The van der Waals surface area contributed by atoms with Crippen molar-refractivity contribution in [3.8, 4) is 11.3 Å². The Hall–Kier alpha value is -1.49. The van der Waals surface area contributed by atoms with E-state index in [1.54, 1.807) is 6.20 Å². The van der Waals surface area contributed by atoms with Gasteiger partial charge in [-0.05, 0) is 31.1 Å². The van der Waals surface area contributed by atoms with E-state index in [0.717, 1.165) is 22.2 Å². The molecule has 0 aliphatic heterocycles. The van der Waals surface area contributed by atoms with Gasteiger partial charge in [0.15, 0.2) is 0 Å². The van der Waals surface area contributed by atoms with Crippen LogP contribution in [0.25, 0.3) is 11.3 Å². The van der Waals surface area contributed by atoms with E-state index in [-0.39, 0.29) is 0 Å². The Bertz CT molecular complexity index is 581. The lowest BCUT2D eigenvalue weighted by Gasteiger charge is -2.16. The van der Waals surface area contributed by atoms with Crippen LogP contribution in [0.1, 0.15) is 32.2 Å². The first-order chi connectivity index (χ1) is 9.79. The van der Waals surface area contributed by atoms with Crippen molar-refractivity contribution in [1.29, 1.82) is 0 Å². The molecule has 4 nitrogen and oxygen atoms in total. The number of rotatable bonds is 4. The van der Waals surface area contributed by atoms with Crippen LogP contribution in [0.5, 0.6) is 0 Å². The fourth-order valence-electron chi connectivity index (χ4n) is 2.98. The lowest BCUT2D eigenvalue weighted by molar-refractivity contribution is 0.524. The Balaban J connectivity index is 1.86. The summed E-state index contributed by atoms with van der Waals surface area (Å²) in [6, 6.07) is 2.38. The number of nitrogens with zero attached hydrogens (tertiary/aromatic N) is 3. The Morgan fingerprint density at radius 2 is 2.25 bits per heavy atom. The van der Waals surface area contributed by atoms with Crippen LogP contribution in [-0.2, 0) is 0 Å². The molecular formula is C15H20N4S. The van der Waals surface area contributed by atoms with E-state index in [0.29, 0.717) is 6.04 Å². The number of anilines is 1. The molecule has 2 heterocycles. The lowest BCUT2D eigenvalue weighted by atomic mass is 10.1. The maximum atomic E-state index is 6.07. The van der Waals surface area contributed by atoms with Crippen molar-refractivity contribution in [3.05, 3.63) is 31.0 Å². The second kappa shape index (κ2) is 5.87. The fourth-order valence-corrected chi connectivity index (χ4v) is 4.11. The van der Waals surface area contributed by atoms with Gasteiger partial charge in [-0.2, -0.15) is 11.8 Å². The number of imidazole rings is 1. The smallest absolute Gasteiger partial charge is 0.0953 e. The van der Waals surface area contributed by atoms with Crippen LogP contribution in [0, 0.1) is 0 Å². The summed E-state index contributed by atoms with van der Waals surface area (Å²) in [5.41, 5.74) is 8.90. The van der Waals surface area contributed by atoms with E-state index in [1.807, 2.05) is 24.8 Å². The van der Waals surface area contributed by atoms with Crippen LogP contribution < -0.4 is 5.73 Å². The summed E-state index contributed by atoms with van der Waals surface area (Å²) in [4.78, 5) is 8.52. The van der Waals surface area contributed by atoms with Gasteiger partial charge in [-0.25, -0.2) is 4.98 Å². The van der Waals surface area contributed by atoms with E-state index in [9.17, 15) is 0 Å². The zero-order valence-electron chi connectivity index (χ0n) is 11.7. The lowest BCUT2D eigenvalue weighted by Crippen LogP contribution is -2.07. The topological polar surface area (TPSA) is 56.7 Å². The Kier molecular flexibility index (Phi) is 3.96. The normalized spacial score (nSPS) is 22.2. The predicted molar refractivity (Wildman–Crippen MR) is 84.7 cm³/mol. The van der Waals surface area contributed by atoms with Gasteiger partial charge in [-0.3, -0.25) is 4.98 Å². The largest absolute Gasteiger partial charge is 0.398 e. The van der Waals surface area contributed by atoms with Gasteiger partial charge in [0.05, 0.1) is 18.2 Å². The molecule has 1 saturated carbocycles. The second-order valence-corrected chi connectivity index (χ2v) is 6.77. The molecule has 0 bridgehead atoms. The monoisotopic (exact) mass is 288 g/mol. The van der Waals surface area contributed by atoms with Crippen molar-refractivity contribution in [3.63, 3.8) is 0 Å². The summed E-state index contributed by atoms with van der Waals surface area (Å²) in [7, 11) is 0. The van der Waals surface area contributed by atoms with Crippen molar-refractivity contribution >= 4 is 17.4 Å². The van der Waals surface area contributed by atoms with Crippen LogP contribution in [0.4, 0.5) is 5.69 Å². The maximum Gasteiger partial charge on any atom is 0.0953 e. The number of nitrogens with two attached hydrogens (primary N) is 1. The Labute approximate surface area is 123 Å². The van der Waals surface area contributed by atoms with Crippen LogP contribution in [0.15, 0.2) is 31.0 Å². The van der Waals surface area contributed by atoms with E-state index >= 15 is 0 Å². The van der Waals surface area contributed by atoms with E-state index < -0.39 is 0 Å². The summed E-state index contributed by atoms with van der Waals surface area (Å²) in [6.45, 7) is 2.23. The third-order valence-corrected chi connectivity index (χ3v) is 5.18. The average molecular weight is 288 g/mol. The van der Waals surface area contributed by atoms with Gasteiger partial charge >= 0.3 is 0 Å². The van der Waals surface area contributed by atoms with Gasteiger partial charge in [-0.15, -0.1) is 0 Å². The molecule has 1 aliphatic carbocycles. The zero-order valence-corrected chi connectivity index (χ0v) is 12.5. The van der Waals surface area contributed by atoms with Gasteiger partial charge in [0.2, 0.25) is 0 Å². The highest BCUT2D eigenvalue weighted by atomic mass is 32.2. The molecule has 0 saturated heterocycles. The molecule has 2 aromatic heterocycles. The van der Waals surface area contributed by atoms with Crippen molar-refractivity contribution < 1.29 is 0 Å². The minimum atomic E-state index is 0.538. The molecule has 5 heteroatoms. The quantitative estimate of drug-likeness (QED) is 0.937. The summed E-state index contributed by atoms with van der Waals surface area (Å²) in [5, 5.41) is 0.784. The number of aromatic nitrogens is 3. The SMILES string of the molecule is CCSC1CCC(n2cncc2-c2cnccc2N)C1. The third kappa shape index (κ3) is 2.54. The summed E-state index contributed by atoms with van der Waals surface area (Å²) < 4.78 is 2.28. The highest BCUT2D eigenvalue weighted by Crippen LogP contribution is 2.39. The highest BCUT2D eigenvalue weighted by molar-refractivity contribution is 7.99. The van der Waals surface area contributed by atoms with Gasteiger partial charge in [0.25, 0.3) is 0 Å². The van der Waals surface area contributed by atoms with Crippen molar-refractivity contribution in [2.24, 2.45) is 0 Å². The second-order valence-electron chi connectivity index (χ2n) is 5.19. The number of nitrogen functional groups attached to an aromatic ring is 1. The summed E-state index contributed by atoms with van der Waals surface area (Å²) in [6.07, 6.45) is 11.1. The van der Waals surface area contributed by atoms with Gasteiger partial charge < -0.3 is 10.3 Å². The molecule has 0 amide bonds. The Morgan fingerprint density at radius 3 is 3.05 bits per heavy atom. The van der Waals surface area contributed by atoms with Crippen LogP contribution in [0.3, 0.4) is 0 Å². The molecule has 1 aliphatic rings. The minimum absolute atomic E-state index is 0.538. The predicted octanol–water partition coefficient (Wildman–Crippen LogP) is 3.37. The molecule has 2 N–H and O–H groups in total. The maximum absolute atomic E-state index is 6.07. The molecule has 2 atom stereocenters. The summed E-state index contributed by atoms with van der Waals surface area (Å²) >= 11 is 2.07. The summed E-state index contributed by atoms with van der Waals surface area (Å²) in [5.74, 6) is 1.20. The van der Waals surface area contributed by atoms with Crippen molar-refractivity contribution in [2.75, 3.05) is 11.5 Å². The minimum Gasteiger partial charge on any atom is -0.398 e.